The van der Waals surface area contributed by atoms with Gasteiger partial charge in [0.15, 0.2) is 0 Å². The second-order valence-corrected chi connectivity index (χ2v) is 5.16. The van der Waals surface area contributed by atoms with Gasteiger partial charge in [-0.1, -0.05) is 17.7 Å². The van der Waals surface area contributed by atoms with Gasteiger partial charge in [0, 0.05) is 13.0 Å². The molecule has 1 aliphatic rings. The molecule has 1 amide bonds. The molecule has 6 heteroatoms. The van der Waals surface area contributed by atoms with E-state index in [9.17, 15) is 13.2 Å². The molecule has 0 saturated carbocycles. The number of rotatable bonds is 1. The molecule has 2 rings (SSSR count). The lowest BCUT2D eigenvalue weighted by Crippen LogP contribution is -2.12. The van der Waals surface area contributed by atoms with Gasteiger partial charge in [-0.05, 0) is 25.5 Å². The molecule has 1 fully saturated rings. The van der Waals surface area contributed by atoms with Crippen molar-refractivity contribution < 1.29 is 17.8 Å². The summed E-state index contributed by atoms with van der Waals surface area (Å²) in [4.78, 5) is 10.1. The number of nitrogens with one attached hydrogen (secondary N) is 1. The molecule has 0 aromatic heterocycles. The molecule has 0 radical (unpaired) electrons. The van der Waals surface area contributed by atoms with Crippen molar-refractivity contribution in [3.8, 4) is 0 Å². The lowest BCUT2D eigenvalue weighted by molar-refractivity contribution is -0.119. The van der Waals surface area contributed by atoms with E-state index < -0.39 is 10.1 Å². The minimum atomic E-state index is -4.02. The predicted molar refractivity (Wildman–Crippen MR) is 63.2 cm³/mol. The minimum Gasteiger partial charge on any atom is -0.356 e. The standard InChI is InChI=1S/C7H8O3S.C4H7NO/c1-6-2-4-7(5-3-6)11(8,9)10;6-4-2-1-3-5-4/h2-5H,1H3,(H,8,9,10);1-3H2,(H,5,6). The van der Waals surface area contributed by atoms with E-state index in [4.69, 9.17) is 4.55 Å². The summed E-state index contributed by atoms with van der Waals surface area (Å²) in [7, 11) is -4.02. The summed E-state index contributed by atoms with van der Waals surface area (Å²) in [5.41, 5.74) is 0.956. The summed E-state index contributed by atoms with van der Waals surface area (Å²) in [6.07, 6.45) is 1.76. The van der Waals surface area contributed by atoms with Gasteiger partial charge in [-0.15, -0.1) is 0 Å². The number of hydrogen-bond acceptors (Lipinski definition) is 3. The van der Waals surface area contributed by atoms with Crippen molar-refractivity contribution >= 4 is 16.0 Å². The second kappa shape index (κ2) is 5.79. The van der Waals surface area contributed by atoms with Crippen LogP contribution in [0, 0.1) is 6.92 Å². The van der Waals surface area contributed by atoms with Crippen molar-refractivity contribution in [2.24, 2.45) is 0 Å². The SMILES string of the molecule is Cc1ccc(S(=O)(=O)O)cc1.O=C1CCCN1. The summed E-state index contributed by atoms with van der Waals surface area (Å²) in [6.45, 7) is 2.73. The van der Waals surface area contributed by atoms with Gasteiger partial charge in [0.2, 0.25) is 5.91 Å². The number of hydrogen-bond donors (Lipinski definition) is 2. The largest absolute Gasteiger partial charge is 0.356 e. The highest BCUT2D eigenvalue weighted by Gasteiger charge is 2.07. The summed E-state index contributed by atoms with van der Waals surface area (Å²) < 4.78 is 29.6. The van der Waals surface area contributed by atoms with Crippen LogP contribution in [-0.4, -0.2) is 25.4 Å². The molecule has 0 aliphatic carbocycles. The van der Waals surface area contributed by atoms with E-state index in [2.05, 4.69) is 5.32 Å². The summed E-state index contributed by atoms with van der Waals surface area (Å²) in [5, 5.41) is 2.68. The van der Waals surface area contributed by atoms with E-state index in [1.807, 2.05) is 6.92 Å². The van der Waals surface area contributed by atoms with Crippen LogP contribution < -0.4 is 5.32 Å². The van der Waals surface area contributed by atoms with Gasteiger partial charge in [-0.3, -0.25) is 9.35 Å². The Labute approximate surface area is 101 Å². The van der Waals surface area contributed by atoms with Crippen LogP contribution in [0.5, 0.6) is 0 Å². The van der Waals surface area contributed by atoms with E-state index in [-0.39, 0.29) is 10.8 Å². The molecule has 0 bridgehead atoms. The van der Waals surface area contributed by atoms with E-state index in [0.717, 1.165) is 24.9 Å². The van der Waals surface area contributed by atoms with E-state index in [1.165, 1.54) is 12.1 Å². The Balaban J connectivity index is 0.000000202. The summed E-state index contributed by atoms with van der Waals surface area (Å²) >= 11 is 0. The highest BCUT2D eigenvalue weighted by molar-refractivity contribution is 7.85. The molecular weight excluding hydrogens is 242 g/mol. The molecule has 94 valence electrons. The number of carbonyl (C=O) groups excluding carboxylic acids is 1. The van der Waals surface area contributed by atoms with Crippen molar-refractivity contribution in [1.29, 1.82) is 0 Å². The molecule has 1 heterocycles. The molecule has 0 atom stereocenters. The first-order valence-electron chi connectivity index (χ1n) is 5.20. The van der Waals surface area contributed by atoms with Crippen LogP contribution in [0.15, 0.2) is 29.2 Å². The van der Waals surface area contributed by atoms with Crippen LogP contribution in [0.1, 0.15) is 18.4 Å². The van der Waals surface area contributed by atoms with Crippen molar-refractivity contribution in [2.75, 3.05) is 6.54 Å². The Bertz CT molecular complexity index is 471. The molecule has 5 nitrogen and oxygen atoms in total. The average Bonchev–Trinajstić information content (AvgIpc) is 2.69. The minimum absolute atomic E-state index is 0.0666. The van der Waals surface area contributed by atoms with E-state index in [1.54, 1.807) is 12.1 Å². The fraction of sp³-hybridized carbons (Fsp3) is 0.364. The maximum absolute atomic E-state index is 10.5. The Hall–Kier alpha value is -1.40. The third kappa shape index (κ3) is 4.97. The van der Waals surface area contributed by atoms with Gasteiger partial charge in [-0.25, -0.2) is 0 Å². The fourth-order valence-corrected chi connectivity index (χ4v) is 1.76. The van der Waals surface area contributed by atoms with Gasteiger partial charge >= 0.3 is 0 Å². The van der Waals surface area contributed by atoms with Crippen LogP contribution >= 0.6 is 0 Å². The van der Waals surface area contributed by atoms with Crippen LogP contribution in [0.3, 0.4) is 0 Å². The van der Waals surface area contributed by atoms with Crippen LogP contribution in [0.4, 0.5) is 0 Å². The third-order valence-corrected chi connectivity index (χ3v) is 3.09. The Morgan fingerprint density at radius 3 is 2.12 bits per heavy atom. The zero-order chi connectivity index (χ0) is 12.9. The Morgan fingerprint density at radius 1 is 1.24 bits per heavy atom. The van der Waals surface area contributed by atoms with Gasteiger partial charge in [-0.2, -0.15) is 8.42 Å². The molecule has 1 saturated heterocycles. The topological polar surface area (TPSA) is 83.5 Å². The highest BCUT2D eigenvalue weighted by atomic mass is 32.2. The van der Waals surface area contributed by atoms with Crippen LogP contribution in [-0.2, 0) is 14.9 Å². The molecular formula is C11H15NO4S. The Morgan fingerprint density at radius 2 is 1.82 bits per heavy atom. The maximum atomic E-state index is 10.5. The smallest absolute Gasteiger partial charge is 0.294 e. The van der Waals surface area contributed by atoms with Crippen LogP contribution in [0.25, 0.3) is 0 Å². The zero-order valence-electron chi connectivity index (χ0n) is 9.51. The van der Waals surface area contributed by atoms with Gasteiger partial charge in [0.05, 0.1) is 4.90 Å². The zero-order valence-corrected chi connectivity index (χ0v) is 10.3. The van der Waals surface area contributed by atoms with Gasteiger partial charge < -0.3 is 5.32 Å². The third-order valence-electron chi connectivity index (χ3n) is 2.22. The second-order valence-electron chi connectivity index (χ2n) is 3.74. The van der Waals surface area contributed by atoms with E-state index >= 15 is 0 Å². The van der Waals surface area contributed by atoms with Crippen LogP contribution in [0.2, 0.25) is 0 Å². The molecule has 17 heavy (non-hydrogen) atoms. The van der Waals surface area contributed by atoms with Crippen molar-refractivity contribution in [1.82, 2.24) is 5.32 Å². The van der Waals surface area contributed by atoms with Crippen molar-refractivity contribution in [3.63, 3.8) is 0 Å². The first-order chi connectivity index (χ1) is 7.89. The maximum Gasteiger partial charge on any atom is 0.294 e. The van der Waals surface area contributed by atoms with Gasteiger partial charge in [0.25, 0.3) is 10.1 Å². The molecule has 1 aromatic rings. The number of carbonyl (C=O) groups is 1. The van der Waals surface area contributed by atoms with Crippen molar-refractivity contribution in [2.45, 2.75) is 24.7 Å². The monoisotopic (exact) mass is 257 g/mol. The normalized spacial score (nSPS) is 14.8. The molecule has 2 N–H and O–H groups in total. The molecule has 0 spiro atoms. The van der Waals surface area contributed by atoms with Crippen molar-refractivity contribution in [3.05, 3.63) is 29.8 Å². The fourth-order valence-electron chi connectivity index (χ4n) is 1.28. The average molecular weight is 257 g/mol. The number of benzene rings is 1. The summed E-state index contributed by atoms with van der Waals surface area (Å²) in [5.74, 6) is 0.204. The number of amides is 1. The van der Waals surface area contributed by atoms with Gasteiger partial charge in [0.1, 0.15) is 0 Å². The summed E-state index contributed by atoms with van der Waals surface area (Å²) in [6, 6.07) is 5.99. The highest BCUT2D eigenvalue weighted by Crippen LogP contribution is 2.08. The first-order valence-corrected chi connectivity index (χ1v) is 6.64. The molecule has 1 aromatic carbocycles. The number of aryl methyl sites for hydroxylation is 1. The lowest BCUT2D eigenvalue weighted by Gasteiger charge is -1.95. The molecule has 1 aliphatic heterocycles. The predicted octanol–water partition coefficient (Wildman–Crippen LogP) is 1.14. The molecule has 0 unspecified atom stereocenters. The lowest BCUT2D eigenvalue weighted by atomic mass is 10.2. The quantitative estimate of drug-likeness (QED) is 0.739. The first kappa shape index (κ1) is 13.7. The van der Waals surface area contributed by atoms with E-state index in [0.29, 0.717) is 0 Å². The Kier molecular flexibility index (Phi) is 4.65.